The Morgan fingerprint density at radius 1 is 1.31 bits per heavy atom. The molecule has 1 N–H and O–H groups in total. The SMILES string of the molecule is CCCC(F)(F)c1cccc(CCCO)c1. The van der Waals surface area contributed by atoms with E-state index in [-0.39, 0.29) is 18.6 Å². The van der Waals surface area contributed by atoms with Gasteiger partial charge in [0.25, 0.3) is 5.92 Å². The van der Waals surface area contributed by atoms with E-state index in [2.05, 4.69) is 0 Å². The molecule has 1 nitrogen and oxygen atoms in total. The molecule has 0 saturated carbocycles. The molecule has 0 spiro atoms. The summed E-state index contributed by atoms with van der Waals surface area (Å²) in [7, 11) is 0. The van der Waals surface area contributed by atoms with E-state index in [4.69, 9.17) is 5.11 Å². The van der Waals surface area contributed by atoms with E-state index in [0.29, 0.717) is 19.3 Å². The van der Waals surface area contributed by atoms with E-state index in [1.165, 1.54) is 6.07 Å². The Bertz CT molecular complexity index is 323. The fourth-order valence-corrected chi connectivity index (χ4v) is 1.70. The largest absolute Gasteiger partial charge is 0.396 e. The minimum absolute atomic E-state index is 0.0878. The molecular formula is C13H18F2O. The number of hydrogen-bond donors (Lipinski definition) is 1. The maximum absolute atomic E-state index is 13.6. The van der Waals surface area contributed by atoms with Gasteiger partial charge in [-0.15, -0.1) is 0 Å². The van der Waals surface area contributed by atoms with Crippen molar-refractivity contribution < 1.29 is 13.9 Å². The summed E-state index contributed by atoms with van der Waals surface area (Å²) < 4.78 is 27.2. The van der Waals surface area contributed by atoms with Crippen LogP contribution in [0.15, 0.2) is 24.3 Å². The molecule has 0 saturated heterocycles. The Balaban J connectivity index is 2.80. The summed E-state index contributed by atoms with van der Waals surface area (Å²) >= 11 is 0. The zero-order valence-electron chi connectivity index (χ0n) is 9.55. The first-order valence-corrected chi connectivity index (χ1v) is 5.68. The van der Waals surface area contributed by atoms with E-state index in [1.807, 2.05) is 6.07 Å². The highest BCUT2D eigenvalue weighted by atomic mass is 19.3. The summed E-state index contributed by atoms with van der Waals surface area (Å²) in [5.74, 6) is -2.73. The molecule has 0 amide bonds. The molecule has 0 aliphatic rings. The molecule has 0 radical (unpaired) electrons. The van der Waals surface area contributed by atoms with Gasteiger partial charge in [0.2, 0.25) is 0 Å². The molecule has 3 heteroatoms. The number of aliphatic hydroxyl groups excluding tert-OH is 1. The third-order valence-electron chi connectivity index (χ3n) is 2.54. The summed E-state index contributed by atoms with van der Waals surface area (Å²) in [6.07, 6.45) is 1.61. The maximum atomic E-state index is 13.6. The Morgan fingerprint density at radius 3 is 2.69 bits per heavy atom. The lowest BCUT2D eigenvalue weighted by Crippen LogP contribution is -2.13. The first-order chi connectivity index (χ1) is 7.60. The van der Waals surface area contributed by atoms with Gasteiger partial charge in [0, 0.05) is 18.6 Å². The number of alkyl halides is 2. The molecule has 0 aliphatic heterocycles. The predicted octanol–water partition coefficient (Wildman–Crippen LogP) is 3.50. The van der Waals surface area contributed by atoms with Crippen LogP contribution >= 0.6 is 0 Å². The highest BCUT2D eigenvalue weighted by Gasteiger charge is 2.29. The summed E-state index contributed by atoms with van der Waals surface area (Å²) in [6.45, 7) is 1.85. The van der Waals surface area contributed by atoms with Crippen LogP contribution in [0.1, 0.15) is 37.3 Å². The second-order valence-corrected chi connectivity index (χ2v) is 3.98. The maximum Gasteiger partial charge on any atom is 0.273 e. The zero-order chi connectivity index (χ0) is 12.0. The normalized spacial score (nSPS) is 11.8. The number of rotatable bonds is 6. The lowest BCUT2D eigenvalue weighted by atomic mass is 10.00. The Labute approximate surface area is 95.1 Å². The van der Waals surface area contributed by atoms with Crippen LogP contribution in [0.25, 0.3) is 0 Å². The predicted molar refractivity (Wildman–Crippen MR) is 60.7 cm³/mol. The average Bonchev–Trinajstić information content (AvgIpc) is 2.27. The summed E-state index contributed by atoms with van der Waals surface area (Å²) in [6, 6.07) is 6.50. The third-order valence-corrected chi connectivity index (χ3v) is 2.54. The van der Waals surface area contributed by atoms with Crippen molar-refractivity contribution in [3.63, 3.8) is 0 Å². The van der Waals surface area contributed by atoms with Crippen molar-refractivity contribution >= 4 is 0 Å². The number of halogens is 2. The zero-order valence-corrected chi connectivity index (χ0v) is 9.55. The Morgan fingerprint density at radius 2 is 2.06 bits per heavy atom. The number of benzene rings is 1. The minimum atomic E-state index is -2.73. The highest BCUT2D eigenvalue weighted by Crippen LogP contribution is 2.33. The number of aryl methyl sites for hydroxylation is 1. The van der Waals surface area contributed by atoms with Crippen molar-refractivity contribution in [3.8, 4) is 0 Å². The van der Waals surface area contributed by atoms with Gasteiger partial charge in [0.05, 0.1) is 0 Å². The number of aliphatic hydroxyl groups is 1. The molecule has 1 rings (SSSR count). The summed E-state index contributed by atoms with van der Waals surface area (Å²) in [4.78, 5) is 0. The van der Waals surface area contributed by atoms with E-state index in [1.54, 1.807) is 19.1 Å². The second kappa shape index (κ2) is 5.94. The molecule has 16 heavy (non-hydrogen) atoms. The molecule has 0 bridgehead atoms. The molecule has 1 aromatic rings. The van der Waals surface area contributed by atoms with Gasteiger partial charge in [-0.05, 0) is 24.5 Å². The highest BCUT2D eigenvalue weighted by molar-refractivity contribution is 5.27. The molecule has 0 atom stereocenters. The van der Waals surface area contributed by atoms with Crippen LogP contribution in [-0.2, 0) is 12.3 Å². The first-order valence-electron chi connectivity index (χ1n) is 5.68. The average molecular weight is 228 g/mol. The van der Waals surface area contributed by atoms with Crippen molar-refractivity contribution in [1.82, 2.24) is 0 Å². The van der Waals surface area contributed by atoms with Crippen LogP contribution in [0, 0.1) is 0 Å². The van der Waals surface area contributed by atoms with E-state index in [9.17, 15) is 8.78 Å². The Hall–Kier alpha value is -0.960. The van der Waals surface area contributed by atoms with E-state index in [0.717, 1.165) is 5.56 Å². The standard InChI is InChI=1S/C13H18F2O/c1-2-8-13(14,15)12-7-3-5-11(10-12)6-4-9-16/h3,5,7,10,16H,2,4,6,8-9H2,1H3. The molecule has 0 aromatic heterocycles. The van der Waals surface area contributed by atoms with Crippen molar-refractivity contribution in [2.45, 2.75) is 38.5 Å². The van der Waals surface area contributed by atoms with Gasteiger partial charge in [0.1, 0.15) is 0 Å². The van der Waals surface area contributed by atoms with Gasteiger partial charge >= 0.3 is 0 Å². The summed E-state index contributed by atoms with van der Waals surface area (Å²) in [5, 5.41) is 8.69. The lowest BCUT2D eigenvalue weighted by Gasteiger charge is -2.16. The van der Waals surface area contributed by atoms with Crippen LogP contribution in [0.3, 0.4) is 0 Å². The topological polar surface area (TPSA) is 20.2 Å². The van der Waals surface area contributed by atoms with E-state index < -0.39 is 5.92 Å². The van der Waals surface area contributed by atoms with Gasteiger partial charge in [-0.2, -0.15) is 0 Å². The molecular weight excluding hydrogens is 210 g/mol. The smallest absolute Gasteiger partial charge is 0.273 e. The van der Waals surface area contributed by atoms with Crippen LogP contribution in [-0.4, -0.2) is 11.7 Å². The van der Waals surface area contributed by atoms with Crippen LogP contribution in [0.5, 0.6) is 0 Å². The molecule has 90 valence electrons. The first kappa shape index (κ1) is 13.1. The molecule has 1 aromatic carbocycles. The monoisotopic (exact) mass is 228 g/mol. The molecule has 0 fully saturated rings. The van der Waals surface area contributed by atoms with Crippen LogP contribution in [0.2, 0.25) is 0 Å². The van der Waals surface area contributed by atoms with E-state index >= 15 is 0 Å². The van der Waals surface area contributed by atoms with Gasteiger partial charge in [-0.25, -0.2) is 8.78 Å². The molecule has 0 unspecified atom stereocenters. The molecule has 0 heterocycles. The second-order valence-electron chi connectivity index (χ2n) is 3.98. The van der Waals surface area contributed by atoms with Crippen molar-refractivity contribution in [2.24, 2.45) is 0 Å². The molecule has 0 aliphatic carbocycles. The number of hydrogen-bond acceptors (Lipinski definition) is 1. The lowest BCUT2D eigenvalue weighted by molar-refractivity contribution is -0.0140. The van der Waals surface area contributed by atoms with Crippen molar-refractivity contribution in [1.29, 1.82) is 0 Å². The van der Waals surface area contributed by atoms with Gasteiger partial charge < -0.3 is 5.11 Å². The van der Waals surface area contributed by atoms with Crippen molar-refractivity contribution in [2.75, 3.05) is 6.61 Å². The fraction of sp³-hybridized carbons (Fsp3) is 0.538. The van der Waals surface area contributed by atoms with Crippen LogP contribution in [0.4, 0.5) is 8.78 Å². The third kappa shape index (κ3) is 3.56. The quantitative estimate of drug-likeness (QED) is 0.790. The van der Waals surface area contributed by atoms with Gasteiger partial charge in [0.15, 0.2) is 0 Å². The minimum Gasteiger partial charge on any atom is -0.396 e. The van der Waals surface area contributed by atoms with Gasteiger partial charge in [-0.3, -0.25) is 0 Å². The Kier molecular flexibility index (Phi) is 4.87. The van der Waals surface area contributed by atoms with Crippen molar-refractivity contribution in [3.05, 3.63) is 35.4 Å². The van der Waals surface area contributed by atoms with Gasteiger partial charge in [-0.1, -0.05) is 31.5 Å². The van der Waals surface area contributed by atoms with Crippen LogP contribution < -0.4 is 0 Å². The summed E-state index contributed by atoms with van der Waals surface area (Å²) in [5.41, 5.74) is 0.951. The fourth-order valence-electron chi connectivity index (χ4n) is 1.70.